The van der Waals surface area contributed by atoms with Gasteiger partial charge in [0.1, 0.15) is 0 Å². The average molecular weight is 370 g/mol. The zero-order chi connectivity index (χ0) is 17.6. The molecule has 25 heavy (non-hydrogen) atoms. The number of pyridine rings is 1. The predicted molar refractivity (Wildman–Crippen MR) is 104 cm³/mol. The lowest BCUT2D eigenvalue weighted by Gasteiger charge is -2.24. The van der Waals surface area contributed by atoms with Crippen molar-refractivity contribution in [2.45, 2.75) is 25.9 Å². The molecule has 128 valence electrons. The van der Waals surface area contributed by atoms with E-state index in [-0.39, 0.29) is 12.1 Å². The maximum atomic E-state index is 5.53. The number of rotatable bonds is 3. The van der Waals surface area contributed by atoms with Crippen LogP contribution in [0, 0.1) is 13.8 Å². The Balaban J connectivity index is 1.82. The number of hydrogen-bond acceptors (Lipinski definition) is 4. The number of hydrogen-bond donors (Lipinski definition) is 1. The summed E-state index contributed by atoms with van der Waals surface area (Å²) in [6.07, 6.45) is 3.67. The van der Waals surface area contributed by atoms with Crippen molar-refractivity contribution in [1.29, 1.82) is 0 Å². The lowest BCUT2D eigenvalue weighted by Crippen LogP contribution is -2.25. The van der Waals surface area contributed by atoms with Gasteiger partial charge < -0.3 is 10.2 Å². The Morgan fingerprint density at radius 3 is 2.72 bits per heavy atom. The van der Waals surface area contributed by atoms with Crippen LogP contribution in [-0.4, -0.2) is 31.6 Å². The second-order valence-electron chi connectivity index (χ2n) is 6.21. The van der Waals surface area contributed by atoms with E-state index >= 15 is 0 Å². The fourth-order valence-electron chi connectivity index (χ4n) is 3.56. The van der Waals surface area contributed by atoms with E-state index < -0.39 is 0 Å². The number of nitrogens with one attached hydrogen (secondary N) is 1. The lowest BCUT2D eigenvalue weighted by molar-refractivity contribution is 0.367. The van der Waals surface area contributed by atoms with Gasteiger partial charge in [0.15, 0.2) is 10.2 Å². The van der Waals surface area contributed by atoms with Crippen molar-refractivity contribution in [2.75, 3.05) is 7.05 Å². The molecule has 1 aliphatic rings. The zero-order valence-electron chi connectivity index (χ0n) is 14.3. The molecule has 5 nitrogen and oxygen atoms in total. The molecule has 0 saturated carbocycles. The smallest absolute Gasteiger partial charge is 0.193 e. The van der Waals surface area contributed by atoms with E-state index in [1.54, 1.807) is 11.3 Å². The number of aromatic nitrogens is 3. The van der Waals surface area contributed by atoms with Crippen molar-refractivity contribution in [3.63, 3.8) is 0 Å². The van der Waals surface area contributed by atoms with Gasteiger partial charge in [0.05, 0.1) is 17.8 Å². The standard InChI is InChI=1S/C18H19N5S2/c1-11-10-13(12(2)23(11)18-20-8-9-25-18)16-15(21-17(24)22(16)3)14-6-4-5-7-19-14/h4-10,15-16H,1-3H3,(H,21,24). The van der Waals surface area contributed by atoms with E-state index in [9.17, 15) is 0 Å². The first kappa shape index (κ1) is 16.2. The number of thiocarbonyl (C=S) groups is 1. The first-order valence-corrected chi connectivity index (χ1v) is 9.39. The van der Waals surface area contributed by atoms with Gasteiger partial charge in [-0.15, -0.1) is 11.3 Å². The molecule has 4 heterocycles. The molecule has 2 atom stereocenters. The summed E-state index contributed by atoms with van der Waals surface area (Å²) >= 11 is 7.17. The number of nitrogens with zero attached hydrogens (tertiary/aromatic N) is 4. The van der Waals surface area contributed by atoms with Gasteiger partial charge in [0, 0.05) is 36.2 Å². The van der Waals surface area contributed by atoms with Crippen LogP contribution >= 0.6 is 23.6 Å². The van der Waals surface area contributed by atoms with E-state index in [2.05, 4.69) is 44.7 Å². The molecule has 3 aromatic heterocycles. The van der Waals surface area contributed by atoms with Crippen LogP contribution in [0.2, 0.25) is 0 Å². The van der Waals surface area contributed by atoms with Crippen molar-refractivity contribution in [1.82, 2.24) is 24.8 Å². The minimum absolute atomic E-state index is 0.0314. The van der Waals surface area contributed by atoms with Crippen molar-refractivity contribution in [3.05, 3.63) is 64.7 Å². The maximum Gasteiger partial charge on any atom is 0.193 e. The first-order chi connectivity index (χ1) is 12.1. The van der Waals surface area contributed by atoms with Gasteiger partial charge in [-0.25, -0.2) is 4.98 Å². The Labute approximate surface area is 156 Å². The van der Waals surface area contributed by atoms with Gasteiger partial charge >= 0.3 is 0 Å². The summed E-state index contributed by atoms with van der Waals surface area (Å²) in [6.45, 7) is 4.27. The third-order valence-electron chi connectivity index (χ3n) is 4.74. The molecule has 0 spiro atoms. The van der Waals surface area contributed by atoms with Crippen molar-refractivity contribution in [2.24, 2.45) is 0 Å². The molecular formula is C18H19N5S2. The van der Waals surface area contributed by atoms with E-state index in [4.69, 9.17) is 12.2 Å². The van der Waals surface area contributed by atoms with Crippen LogP contribution in [0.5, 0.6) is 0 Å². The highest BCUT2D eigenvalue weighted by atomic mass is 32.1. The number of likely N-dealkylation sites (N-methyl/N-ethyl adjacent to an activating group) is 1. The highest BCUT2D eigenvalue weighted by molar-refractivity contribution is 7.80. The Morgan fingerprint density at radius 2 is 2.04 bits per heavy atom. The molecule has 1 aliphatic heterocycles. The molecule has 0 bridgehead atoms. The highest BCUT2D eigenvalue weighted by Gasteiger charge is 2.39. The van der Waals surface area contributed by atoms with Crippen LogP contribution in [0.1, 0.15) is 34.7 Å². The second-order valence-corrected chi connectivity index (χ2v) is 7.47. The van der Waals surface area contributed by atoms with Gasteiger partial charge in [-0.1, -0.05) is 6.07 Å². The topological polar surface area (TPSA) is 46.0 Å². The molecule has 1 saturated heterocycles. The molecule has 4 rings (SSSR count). The summed E-state index contributed by atoms with van der Waals surface area (Å²) in [5, 5.41) is 7.18. The summed E-state index contributed by atoms with van der Waals surface area (Å²) in [5.74, 6) is 0. The largest absolute Gasteiger partial charge is 0.352 e. The van der Waals surface area contributed by atoms with E-state index in [1.165, 1.54) is 17.0 Å². The quantitative estimate of drug-likeness (QED) is 0.716. The Kier molecular flexibility index (Phi) is 4.05. The van der Waals surface area contributed by atoms with Gasteiger partial charge in [-0.2, -0.15) is 0 Å². The molecule has 3 aromatic rings. The number of aryl methyl sites for hydroxylation is 1. The van der Waals surface area contributed by atoms with Crippen LogP contribution in [0.15, 0.2) is 42.0 Å². The molecule has 7 heteroatoms. The molecule has 0 amide bonds. The minimum Gasteiger partial charge on any atom is -0.352 e. The van der Waals surface area contributed by atoms with Gasteiger partial charge in [-0.3, -0.25) is 9.55 Å². The van der Waals surface area contributed by atoms with Crippen molar-refractivity contribution >= 4 is 28.7 Å². The zero-order valence-corrected chi connectivity index (χ0v) is 15.9. The van der Waals surface area contributed by atoms with E-state index in [0.717, 1.165) is 15.9 Å². The third-order valence-corrected chi connectivity index (χ3v) is 5.90. The second kappa shape index (κ2) is 6.24. The summed E-state index contributed by atoms with van der Waals surface area (Å²) < 4.78 is 2.21. The normalized spacial score (nSPS) is 20.1. The van der Waals surface area contributed by atoms with Gasteiger partial charge in [0.25, 0.3) is 0 Å². The van der Waals surface area contributed by atoms with E-state index in [1.807, 2.05) is 43.0 Å². The molecule has 0 radical (unpaired) electrons. The molecule has 0 aliphatic carbocycles. The van der Waals surface area contributed by atoms with Crippen molar-refractivity contribution < 1.29 is 0 Å². The monoisotopic (exact) mass is 369 g/mol. The molecule has 1 N–H and O–H groups in total. The van der Waals surface area contributed by atoms with Crippen LogP contribution in [-0.2, 0) is 0 Å². The summed E-state index contributed by atoms with van der Waals surface area (Å²) in [6, 6.07) is 8.37. The van der Waals surface area contributed by atoms with Crippen LogP contribution in [0.4, 0.5) is 0 Å². The minimum atomic E-state index is 0.0314. The summed E-state index contributed by atoms with van der Waals surface area (Å²) in [5.41, 5.74) is 4.61. The molecule has 1 fully saturated rings. The molecule has 0 aromatic carbocycles. The molecular weight excluding hydrogens is 350 g/mol. The van der Waals surface area contributed by atoms with Crippen LogP contribution in [0.25, 0.3) is 5.13 Å². The van der Waals surface area contributed by atoms with E-state index in [0.29, 0.717) is 0 Å². The Morgan fingerprint density at radius 1 is 1.20 bits per heavy atom. The molecule has 2 unspecified atom stereocenters. The Hall–Kier alpha value is -2.25. The van der Waals surface area contributed by atoms with Crippen LogP contribution < -0.4 is 5.32 Å². The highest BCUT2D eigenvalue weighted by Crippen LogP contribution is 2.40. The first-order valence-electron chi connectivity index (χ1n) is 8.11. The average Bonchev–Trinajstić information content (AvgIpc) is 3.29. The van der Waals surface area contributed by atoms with Crippen LogP contribution in [0.3, 0.4) is 0 Å². The third kappa shape index (κ3) is 2.63. The van der Waals surface area contributed by atoms with Crippen molar-refractivity contribution in [3.8, 4) is 5.13 Å². The predicted octanol–water partition coefficient (Wildman–Crippen LogP) is 3.55. The van der Waals surface area contributed by atoms with Gasteiger partial charge in [-0.05, 0) is 49.8 Å². The Bertz CT molecular complexity index is 901. The summed E-state index contributed by atoms with van der Waals surface area (Å²) in [7, 11) is 2.04. The summed E-state index contributed by atoms with van der Waals surface area (Å²) in [4.78, 5) is 11.1. The number of thiazole rings is 1. The lowest BCUT2D eigenvalue weighted by atomic mass is 9.97. The maximum absolute atomic E-state index is 5.53. The van der Waals surface area contributed by atoms with Gasteiger partial charge in [0.2, 0.25) is 0 Å². The fraction of sp³-hybridized carbons (Fsp3) is 0.278. The SMILES string of the molecule is Cc1cc(C2C(c3ccccn3)NC(=S)N2C)c(C)n1-c1nccs1. The fourth-order valence-corrected chi connectivity index (χ4v) is 4.55.